The van der Waals surface area contributed by atoms with E-state index in [1.807, 2.05) is 25.2 Å². The van der Waals surface area contributed by atoms with Gasteiger partial charge in [-0.15, -0.1) is 0 Å². The summed E-state index contributed by atoms with van der Waals surface area (Å²) in [5.74, 6) is 1.74. The molecule has 1 fully saturated rings. The molecule has 1 heterocycles. The topological polar surface area (TPSA) is 34.9 Å². The lowest BCUT2D eigenvalue weighted by molar-refractivity contribution is 0.112. The second-order valence-corrected chi connectivity index (χ2v) is 4.14. The van der Waals surface area contributed by atoms with Crippen LogP contribution in [0.25, 0.3) is 11.0 Å². The summed E-state index contributed by atoms with van der Waals surface area (Å²) in [6, 6.07) is 5.69. The van der Waals surface area contributed by atoms with Crippen molar-refractivity contribution >= 4 is 17.3 Å². The zero-order chi connectivity index (χ0) is 10.4. The molecule has 76 valence electrons. The Balaban J connectivity index is 2.34. The van der Waals surface area contributed by atoms with E-state index in [0.717, 1.165) is 28.7 Å². The molecule has 1 aliphatic rings. The molecule has 0 unspecified atom stereocenters. The lowest BCUT2D eigenvalue weighted by Gasteiger charge is -2.00. The molecular weight excluding hydrogens is 188 g/mol. The van der Waals surface area contributed by atoms with Crippen LogP contribution in [0.15, 0.2) is 18.2 Å². The molecular formula is C12H12N2O. The zero-order valence-electron chi connectivity index (χ0n) is 8.60. The Bertz CT molecular complexity index is 538. The maximum absolute atomic E-state index is 10.9. The van der Waals surface area contributed by atoms with Gasteiger partial charge in [0.15, 0.2) is 6.29 Å². The molecule has 3 rings (SSSR count). The lowest BCUT2D eigenvalue weighted by atomic mass is 10.2. The number of benzene rings is 1. The number of fused-ring (bicyclic) bond motifs is 1. The molecule has 2 aromatic rings. The van der Waals surface area contributed by atoms with E-state index in [9.17, 15) is 4.79 Å². The summed E-state index contributed by atoms with van der Waals surface area (Å²) in [6.07, 6.45) is 3.36. The Morgan fingerprint density at radius 1 is 1.47 bits per heavy atom. The summed E-state index contributed by atoms with van der Waals surface area (Å²) in [5.41, 5.74) is 2.63. The second-order valence-electron chi connectivity index (χ2n) is 4.14. The van der Waals surface area contributed by atoms with Crippen molar-refractivity contribution in [3.63, 3.8) is 0 Å². The molecule has 1 saturated carbocycles. The molecule has 0 atom stereocenters. The van der Waals surface area contributed by atoms with Crippen molar-refractivity contribution in [3.05, 3.63) is 29.6 Å². The fraction of sp³-hybridized carbons (Fsp3) is 0.333. The summed E-state index contributed by atoms with van der Waals surface area (Å²) in [5, 5.41) is 0. The van der Waals surface area contributed by atoms with Crippen LogP contribution in [-0.2, 0) is 7.05 Å². The van der Waals surface area contributed by atoms with Crippen LogP contribution in [0.5, 0.6) is 0 Å². The van der Waals surface area contributed by atoms with Gasteiger partial charge in [-0.1, -0.05) is 6.07 Å². The highest BCUT2D eigenvalue weighted by Crippen LogP contribution is 2.40. The summed E-state index contributed by atoms with van der Waals surface area (Å²) in [7, 11) is 2.00. The molecule has 3 nitrogen and oxygen atoms in total. The fourth-order valence-electron chi connectivity index (χ4n) is 2.12. The Kier molecular flexibility index (Phi) is 1.69. The van der Waals surface area contributed by atoms with Crippen LogP contribution in [0.2, 0.25) is 0 Å². The average molecular weight is 200 g/mol. The van der Waals surface area contributed by atoms with E-state index in [1.165, 1.54) is 12.8 Å². The first-order valence-electron chi connectivity index (χ1n) is 5.22. The van der Waals surface area contributed by atoms with Crippen LogP contribution >= 0.6 is 0 Å². The largest absolute Gasteiger partial charge is 0.330 e. The monoisotopic (exact) mass is 200 g/mol. The van der Waals surface area contributed by atoms with Crippen LogP contribution in [0.3, 0.4) is 0 Å². The van der Waals surface area contributed by atoms with Gasteiger partial charge in [0.2, 0.25) is 0 Å². The van der Waals surface area contributed by atoms with Crippen molar-refractivity contribution in [2.24, 2.45) is 7.05 Å². The molecule has 0 spiro atoms. The summed E-state index contributed by atoms with van der Waals surface area (Å²) in [4.78, 5) is 15.5. The Labute approximate surface area is 87.7 Å². The lowest BCUT2D eigenvalue weighted by Crippen LogP contribution is -1.96. The second kappa shape index (κ2) is 2.92. The normalized spacial score (nSPS) is 15.8. The molecule has 1 aliphatic carbocycles. The maximum atomic E-state index is 10.9. The van der Waals surface area contributed by atoms with Crippen molar-refractivity contribution in [1.29, 1.82) is 0 Å². The first-order valence-corrected chi connectivity index (χ1v) is 5.22. The van der Waals surface area contributed by atoms with Gasteiger partial charge in [-0.25, -0.2) is 4.98 Å². The summed E-state index contributed by atoms with van der Waals surface area (Å²) < 4.78 is 2.07. The number of hydrogen-bond acceptors (Lipinski definition) is 2. The van der Waals surface area contributed by atoms with Crippen LogP contribution in [0.1, 0.15) is 34.9 Å². The van der Waals surface area contributed by atoms with Crippen LogP contribution in [-0.4, -0.2) is 15.8 Å². The smallest absolute Gasteiger partial charge is 0.152 e. The van der Waals surface area contributed by atoms with Gasteiger partial charge in [0.05, 0.1) is 11.0 Å². The van der Waals surface area contributed by atoms with E-state index in [4.69, 9.17) is 0 Å². The van der Waals surface area contributed by atoms with Crippen LogP contribution < -0.4 is 0 Å². The molecule has 0 bridgehead atoms. The van der Waals surface area contributed by atoms with E-state index in [-0.39, 0.29) is 0 Å². The zero-order valence-corrected chi connectivity index (χ0v) is 8.60. The standard InChI is InChI=1S/C12H12N2O/c1-14-11-9(7-15)3-2-4-10(11)13-12(14)8-5-6-8/h2-4,7-8H,5-6H2,1H3. The minimum atomic E-state index is 0.613. The number of aromatic nitrogens is 2. The number of carbonyl (C=O) groups excluding carboxylic acids is 1. The molecule has 0 radical (unpaired) electrons. The van der Waals surface area contributed by atoms with Gasteiger partial charge in [0.1, 0.15) is 5.82 Å². The van der Waals surface area contributed by atoms with Crippen molar-refractivity contribution < 1.29 is 4.79 Å². The number of para-hydroxylation sites is 1. The quantitative estimate of drug-likeness (QED) is 0.697. The highest BCUT2D eigenvalue weighted by atomic mass is 16.1. The number of hydrogen-bond donors (Lipinski definition) is 0. The first kappa shape index (κ1) is 8.65. The van der Waals surface area contributed by atoms with Gasteiger partial charge < -0.3 is 4.57 Å². The molecule has 0 amide bonds. The van der Waals surface area contributed by atoms with E-state index in [0.29, 0.717) is 5.92 Å². The fourth-order valence-corrected chi connectivity index (χ4v) is 2.12. The van der Waals surface area contributed by atoms with Crippen LogP contribution in [0, 0.1) is 0 Å². The third-order valence-electron chi connectivity index (χ3n) is 3.03. The number of carbonyl (C=O) groups is 1. The predicted molar refractivity (Wildman–Crippen MR) is 58.1 cm³/mol. The molecule has 3 heteroatoms. The van der Waals surface area contributed by atoms with Crippen molar-refractivity contribution in [2.75, 3.05) is 0 Å². The molecule has 1 aromatic heterocycles. The average Bonchev–Trinajstić information content (AvgIpc) is 3.04. The highest BCUT2D eigenvalue weighted by molar-refractivity contribution is 5.94. The van der Waals surface area contributed by atoms with E-state index in [2.05, 4.69) is 9.55 Å². The SMILES string of the molecule is Cn1c(C2CC2)nc2cccc(C=O)c21. The van der Waals surface area contributed by atoms with Crippen molar-refractivity contribution in [3.8, 4) is 0 Å². The van der Waals surface area contributed by atoms with E-state index >= 15 is 0 Å². The first-order chi connectivity index (χ1) is 7.31. The molecule has 0 aliphatic heterocycles. The molecule has 15 heavy (non-hydrogen) atoms. The summed E-state index contributed by atoms with van der Waals surface area (Å²) >= 11 is 0. The van der Waals surface area contributed by atoms with Crippen LogP contribution in [0.4, 0.5) is 0 Å². The van der Waals surface area contributed by atoms with E-state index < -0.39 is 0 Å². The Morgan fingerprint density at radius 2 is 2.27 bits per heavy atom. The highest BCUT2D eigenvalue weighted by Gasteiger charge is 2.28. The van der Waals surface area contributed by atoms with Gasteiger partial charge >= 0.3 is 0 Å². The number of aldehydes is 1. The van der Waals surface area contributed by atoms with Gasteiger partial charge in [0.25, 0.3) is 0 Å². The maximum Gasteiger partial charge on any atom is 0.152 e. The number of aryl methyl sites for hydroxylation is 1. The minimum Gasteiger partial charge on any atom is -0.330 e. The summed E-state index contributed by atoms with van der Waals surface area (Å²) in [6.45, 7) is 0. The molecule has 0 saturated heterocycles. The van der Waals surface area contributed by atoms with Crippen molar-refractivity contribution in [1.82, 2.24) is 9.55 Å². The number of imidazole rings is 1. The van der Waals surface area contributed by atoms with Gasteiger partial charge in [-0.3, -0.25) is 4.79 Å². The van der Waals surface area contributed by atoms with Gasteiger partial charge in [-0.2, -0.15) is 0 Å². The van der Waals surface area contributed by atoms with Crippen molar-refractivity contribution in [2.45, 2.75) is 18.8 Å². The minimum absolute atomic E-state index is 0.613. The predicted octanol–water partition coefficient (Wildman–Crippen LogP) is 2.26. The van der Waals surface area contributed by atoms with Gasteiger partial charge in [-0.05, 0) is 25.0 Å². The Morgan fingerprint density at radius 3 is 2.93 bits per heavy atom. The van der Waals surface area contributed by atoms with E-state index in [1.54, 1.807) is 0 Å². The Hall–Kier alpha value is -1.64. The molecule has 0 N–H and O–H groups in total. The third kappa shape index (κ3) is 1.19. The number of rotatable bonds is 2. The third-order valence-corrected chi connectivity index (χ3v) is 3.03. The molecule has 1 aromatic carbocycles. The number of nitrogens with zero attached hydrogens (tertiary/aromatic N) is 2. The van der Waals surface area contributed by atoms with Gasteiger partial charge in [0, 0.05) is 18.5 Å².